The fraction of sp³-hybridized carbons (Fsp3) is 0.263. The smallest absolute Gasteiger partial charge is 0.261 e. The van der Waals surface area contributed by atoms with Gasteiger partial charge in [-0.1, -0.05) is 12.1 Å². The van der Waals surface area contributed by atoms with Gasteiger partial charge in [0.2, 0.25) is 0 Å². The van der Waals surface area contributed by atoms with Gasteiger partial charge < -0.3 is 4.90 Å². The molecule has 0 saturated carbocycles. The SMILES string of the molecule is CC(=O)c1cccc(S(=O)(=O)Nc2ccc(C(=O)N3CCCC3)cc2)c1. The molecule has 0 spiro atoms. The summed E-state index contributed by atoms with van der Waals surface area (Å²) in [6.07, 6.45) is 2.03. The lowest BCUT2D eigenvalue weighted by Crippen LogP contribution is -2.27. The monoisotopic (exact) mass is 372 g/mol. The lowest BCUT2D eigenvalue weighted by molar-refractivity contribution is 0.0792. The molecule has 0 radical (unpaired) electrons. The zero-order chi connectivity index (χ0) is 18.7. The number of amides is 1. The van der Waals surface area contributed by atoms with Crippen LogP contribution in [0, 0.1) is 0 Å². The van der Waals surface area contributed by atoms with Crippen molar-refractivity contribution in [1.29, 1.82) is 0 Å². The Kier molecular flexibility index (Phi) is 5.08. The molecule has 1 saturated heterocycles. The van der Waals surface area contributed by atoms with Crippen molar-refractivity contribution in [1.82, 2.24) is 4.90 Å². The summed E-state index contributed by atoms with van der Waals surface area (Å²) in [5.74, 6) is -0.238. The number of benzene rings is 2. The maximum absolute atomic E-state index is 12.5. The number of ketones is 1. The summed E-state index contributed by atoms with van der Waals surface area (Å²) in [5, 5.41) is 0. The summed E-state index contributed by atoms with van der Waals surface area (Å²) in [6, 6.07) is 12.2. The Balaban J connectivity index is 1.76. The normalized spacial score (nSPS) is 14.3. The van der Waals surface area contributed by atoms with E-state index in [0.29, 0.717) is 16.8 Å². The van der Waals surface area contributed by atoms with Crippen LogP contribution in [-0.2, 0) is 10.0 Å². The van der Waals surface area contributed by atoms with E-state index in [2.05, 4.69) is 4.72 Å². The number of likely N-dealkylation sites (tertiary alicyclic amines) is 1. The Morgan fingerprint density at radius 1 is 0.962 bits per heavy atom. The van der Waals surface area contributed by atoms with E-state index in [1.807, 2.05) is 0 Å². The molecule has 2 aromatic rings. The van der Waals surface area contributed by atoms with E-state index in [1.54, 1.807) is 35.2 Å². The Hall–Kier alpha value is -2.67. The number of carbonyl (C=O) groups is 2. The van der Waals surface area contributed by atoms with Gasteiger partial charge in [0.1, 0.15) is 0 Å². The minimum absolute atomic E-state index is 0.0161. The average Bonchev–Trinajstić information content (AvgIpc) is 3.16. The third-order valence-corrected chi connectivity index (χ3v) is 5.71. The number of nitrogens with zero attached hydrogens (tertiary/aromatic N) is 1. The Morgan fingerprint density at radius 3 is 2.23 bits per heavy atom. The molecule has 1 N–H and O–H groups in total. The number of hydrogen-bond acceptors (Lipinski definition) is 4. The Morgan fingerprint density at radius 2 is 1.62 bits per heavy atom. The predicted molar refractivity (Wildman–Crippen MR) is 98.8 cm³/mol. The molecular formula is C19H20N2O4S. The lowest BCUT2D eigenvalue weighted by atomic mass is 10.2. The quantitative estimate of drug-likeness (QED) is 0.818. The number of carbonyl (C=O) groups excluding carboxylic acids is 2. The standard InChI is InChI=1S/C19H20N2O4S/c1-14(22)16-5-4-6-18(13-16)26(24,25)20-17-9-7-15(8-10-17)19(23)21-11-2-3-12-21/h4-10,13,20H,2-3,11-12H2,1H3. The van der Waals surface area contributed by atoms with Crippen LogP contribution >= 0.6 is 0 Å². The first-order chi connectivity index (χ1) is 12.4. The van der Waals surface area contributed by atoms with Crippen LogP contribution in [0.3, 0.4) is 0 Å². The molecule has 6 nitrogen and oxygen atoms in total. The largest absolute Gasteiger partial charge is 0.339 e. The maximum Gasteiger partial charge on any atom is 0.261 e. The van der Waals surface area contributed by atoms with Crippen LogP contribution < -0.4 is 4.72 Å². The molecular weight excluding hydrogens is 352 g/mol. The zero-order valence-electron chi connectivity index (χ0n) is 14.4. The first-order valence-electron chi connectivity index (χ1n) is 8.40. The van der Waals surface area contributed by atoms with E-state index in [0.717, 1.165) is 25.9 Å². The summed E-state index contributed by atoms with van der Waals surface area (Å²) in [5.41, 5.74) is 1.23. The Bertz CT molecular complexity index is 930. The first-order valence-corrected chi connectivity index (χ1v) is 9.88. The van der Waals surface area contributed by atoms with Gasteiger partial charge in [0.25, 0.3) is 15.9 Å². The molecule has 0 aromatic heterocycles. The van der Waals surface area contributed by atoms with Crippen molar-refractivity contribution in [2.45, 2.75) is 24.7 Å². The van der Waals surface area contributed by atoms with E-state index in [9.17, 15) is 18.0 Å². The van der Waals surface area contributed by atoms with E-state index in [1.165, 1.54) is 25.1 Å². The number of sulfonamides is 1. The number of anilines is 1. The number of hydrogen-bond donors (Lipinski definition) is 1. The number of nitrogens with one attached hydrogen (secondary N) is 1. The summed E-state index contributed by atoms with van der Waals surface area (Å²) >= 11 is 0. The van der Waals surface area contributed by atoms with Crippen LogP contribution in [-0.4, -0.2) is 38.1 Å². The van der Waals surface area contributed by atoms with E-state index in [-0.39, 0.29) is 16.6 Å². The van der Waals surface area contributed by atoms with Gasteiger partial charge in [-0.05, 0) is 56.2 Å². The van der Waals surface area contributed by atoms with E-state index in [4.69, 9.17) is 0 Å². The third-order valence-electron chi connectivity index (χ3n) is 4.33. The van der Waals surface area contributed by atoms with Crippen molar-refractivity contribution < 1.29 is 18.0 Å². The second-order valence-electron chi connectivity index (χ2n) is 6.27. The summed E-state index contributed by atoms with van der Waals surface area (Å²) in [4.78, 5) is 25.6. The van der Waals surface area contributed by atoms with Gasteiger partial charge in [0.15, 0.2) is 5.78 Å². The molecule has 1 fully saturated rings. The number of Topliss-reactive ketones (excluding diaryl/α,β-unsaturated/α-hetero) is 1. The van der Waals surface area contributed by atoms with Crippen molar-refractivity contribution >= 4 is 27.4 Å². The van der Waals surface area contributed by atoms with Crippen LogP contribution in [0.5, 0.6) is 0 Å². The fourth-order valence-electron chi connectivity index (χ4n) is 2.88. The topological polar surface area (TPSA) is 83.5 Å². The molecule has 26 heavy (non-hydrogen) atoms. The van der Waals surface area contributed by atoms with Crippen molar-refractivity contribution in [2.75, 3.05) is 17.8 Å². The molecule has 1 aliphatic rings. The van der Waals surface area contributed by atoms with Crippen molar-refractivity contribution in [3.8, 4) is 0 Å². The van der Waals surface area contributed by atoms with Crippen LogP contribution in [0.25, 0.3) is 0 Å². The van der Waals surface area contributed by atoms with E-state index >= 15 is 0 Å². The average molecular weight is 372 g/mol. The minimum atomic E-state index is -3.82. The molecule has 1 aliphatic heterocycles. The number of rotatable bonds is 5. The third kappa shape index (κ3) is 3.94. The Labute approximate surface area is 152 Å². The van der Waals surface area contributed by atoms with Crippen LogP contribution in [0.4, 0.5) is 5.69 Å². The molecule has 0 bridgehead atoms. The van der Waals surface area contributed by atoms with Crippen LogP contribution in [0.15, 0.2) is 53.4 Å². The summed E-state index contributed by atoms with van der Waals surface area (Å²) in [7, 11) is -3.82. The van der Waals surface area contributed by atoms with Crippen molar-refractivity contribution in [3.05, 3.63) is 59.7 Å². The first kappa shape index (κ1) is 18.1. The molecule has 2 aromatic carbocycles. The maximum atomic E-state index is 12.5. The highest BCUT2D eigenvalue weighted by Crippen LogP contribution is 2.19. The van der Waals surface area contributed by atoms with E-state index < -0.39 is 10.0 Å². The van der Waals surface area contributed by atoms with Gasteiger partial charge in [-0.3, -0.25) is 14.3 Å². The van der Waals surface area contributed by atoms with Crippen molar-refractivity contribution in [3.63, 3.8) is 0 Å². The van der Waals surface area contributed by atoms with Gasteiger partial charge in [-0.2, -0.15) is 0 Å². The molecule has 0 aliphatic carbocycles. The molecule has 1 amide bonds. The zero-order valence-corrected chi connectivity index (χ0v) is 15.3. The van der Waals surface area contributed by atoms with Crippen molar-refractivity contribution in [2.24, 2.45) is 0 Å². The molecule has 1 heterocycles. The highest BCUT2D eigenvalue weighted by molar-refractivity contribution is 7.92. The summed E-state index contributed by atoms with van der Waals surface area (Å²) in [6.45, 7) is 2.91. The molecule has 0 unspecified atom stereocenters. The van der Waals surface area contributed by atoms with Gasteiger partial charge in [-0.15, -0.1) is 0 Å². The minimum Gasteiger partial charge on any atom is -0.339 e. The highest BCUT2D eigenvalue weighted by Gasteiger charge is 2.20. The highest BCUT2D eigenvalue weighted by atomic mass is 32.2. The predicted octanol–water partition coefficient (Wildman–Crippen LogP) is 2.93. The van der Waals surface area contributed by atoms with Gasteiger partial charge in [-0.25, -0.2) is 8.42 Å². The second-order valence-corrected chi connectivity index (χ2v) is 7.95. The lowest BCUT2D eigenvalue weighted by Gasteiger charge is -2.15. The fourth-order valence-corrected chi connectivity index (χ4v) is 3.98. The van der Waals surface area contributed by atoms with Gasteiger partial charge in [0, 0.05) is 29.9 Å². The van der Waals surface area contributed by atoms with Crippen LogP contribution in [0.2, 0.25) is 0 Å². The molecule has 3 rings (SSSR count). The molecule has 136 valence electrons. The second kappa shape index (κ2) is 7.29. The van der Waals surface area contributed by atoms with Gasteiger partial charge in [0.05, 0.1) is 4.90 Å². The van der Waals surface area contributed by atoms with Gasteiger partial charge >= 0.3 is 0 Å². The molecule has 0 atom stereocenters. The molecule has 7 heteroatoms. The van der Waals surface area contributed by atoms with Crippen LogP contribution in [0.1, 0.15) is 40.5 Å². The summed E-state index contributed by atoms with van der Waals surface area (Å²) < 4.78 is 27.5.